The summed E-state index contributed by atoms with van der Waals surface area (Å²) in [6.07, 6.45) is 3.68. The lowest BCUT2D eigenvalue weighted by atomic mass is 10.2. The average molecular weight is 290 g/mol. The Balaban J connectivity index is 1.49. The predicted molar refractivity (Wildman–Crippen MR) is 84.0 cm³/mol. The maximum Gasteiger partial charge on any atom is 0.161 e. The van der Waals surface area contributed by atoms with Gasteiger partial charge in [-0.15, -0.1) is 0 Å². The molecular formula is C17H26N2O2. The summed E-state index contributed by atoms with van der Waals surface area (Å²) < 4.78 is 11.4. The van der Waals surface area contributed by atoms with Crippen molar-refractivity contribution in [3.05, 3.63) is 23.8 Å². The number of hydrogen-bond donors (Lipinski definition) is 1. The molecule has 0 amide bonds. The smallest absolute Gasteiger partial charge is 0.161 e. The molecule has 21 heavy (non-hydrogen) atoms. The molecule has 1 aliphatic carbocycles. The van der Waals surface area contributed by atoms with Gasteiger partial charge in [-0.3, -0.25) is 4.90 Å². The van der Waals surface area contributed by atoms with Crippen LogP contribution in [0.1, 0.15) is 31.7 Å². The minimum absolute atomic E-state index is 0.581. The van der Waals surface area contributed by atoms with Gasteiger partial charge in [0.2, 0.25) is 0 Å². The third-order valence-electron chi connectivity index (χ3n) is 4.40. The largest absolute Gasteiger partial charge is 0.490 e. The molecule has 0 bridgehead atoms. The first-order valence-corrected chi connectivity index (χ1v) is 8.05. The van der Waals surface area contributed by atoms with Crippen molar-refractivity contribution in [3.8, 4) is 11.5 Å². The third-order valence-corrected chi connectivity index (χ3v) is 4.40. The molecule has 1 aliphatic heterocycles. The van der Waals surface area contributed by atoms with Gasteiger partial charge in [-0.1, -0.05) is 6.07 Å². The summed E-state index contributed by atoms with van der Waals surface area (Å²) in [7, 11) is 2.23. The van der Waals surface area contributed by atoms with Gasteiger partial charge in [0.05, 0.1) is 13.2 Å². The summed E-state index contributed by atoms with van der Waals surface area (Å²) >= 11 is 0. The number of fused-ring (bicyclic) bond motifs is 1. The van der Waals surface area contributed by atoms with Crippen LogP contribution in [0.2, 0.25) is 0 Å². The Bertz CT molecular complexity index is 474. The SMILES string of the molecule is CC(CNCc1ccc2c(c1)OCCCO2)N(C)C1CC1. The lowest BCUT2D eigenvalue weighted by molar-refractivity contribution is 0.241. The standard InChI is InChI=1S/C17H26N2O2/c1-13(19(2)15-5-6-15)11-18-12-14-4-7-16-17(10-14)21-9-3-8-20-16/h4,7,10,13,15,18H,3,5-6,8-9,11-12H2,1-2H3. The van der Waals surface area contributed by atoms with E-state index in [0.717, 1.165) is 50.3 Å². The number of rotatable bonds is 6. The zero-order valence-corrected chi connectivity index (χ0v) is 13.1. The van der Waals surface area contributed by atoms with E-state index in [1.807, 2.05) is 6.07 Å². The van der Waals surface area contributed by atoms with Gasteiger partial charge in [-0.2, -0.15) is 0 Å². The van der Waals surface area contributed by atoms with E-state index in [2.05, 4.69) is 36.3 Å². The number of likely N-dealkylation sites (N-methyl/N-ethyl adjacent to an activating group) is 1. The van der Waals surface area contributed by atoms with Gasteiger partial charge in [-0.05, 0) is 44.5 Å². The molecule has 1 atom stereocenters. The van der Waals surface area contributed by atoms with Gasteiger partial charge in [-0.25, -0.2) is 0 Å². The summed E-state index contributed by atoms with van der Waals surface area (Å²) in [6.45, 7) is 5.67. The Hall–Kier alpha value is -1.26. The van der Waals surface area contributed by atoms with E-state index in [9.17, 15) is 0 Å². The van der Waals surface area contributed by atoms with Crippen molar-refractivity contribution in [2.75, 3.05) is 26.8 Å². The maximum absolute atomic E-state index is 5.73. The topological polar surface area (TPSA) is 33.7 Å². The van der Waals surface area contributed by atoms with Crippen LogP contribution in [-0.2, 0) is 6.54 Å². The molecule has 1 saturated carbocycles. The van der Waals surface area contributed by atoms with Gasteiger partial charge in [0.1, 0.15) is 0 Å². The van der Waals surface area contributed by atoms with Crippen LogP contribution in [0.4, 0.5) is 0 Å². The van der Waals surface area contributed by atoms with Crippen LogP contribution in [0.25, 0.3) is 0 Å². The summed E-state index contributed by atoms with van der Waals surface area (Å²) in [5.41, 5.74) is 1.25. The highest BCUT2D eigenvalue weighted by molar-refractivity contribution is 5.43. The van der Waals surface area contributed by atoms with Crippen molar-refractivity contribution in [2.45, 2.75) is 44.8 Å². The van der Waals surface area contributed by atoms with Crippen LogP contribution in [0.15, 0.2) is 18.2 Å². The molecule has 1 fully saturated rings. The first kappa shape index (κ1) is 14.7. The van der Waals surface area contributed by atoms with Gasteiger partial charge >= 0.3 is 0 Å². The number of hydrogen-bond acceptors (Lipinski definition) is 4. The van der Waals surface area contributed by atoms with Gasteiger partial charge < -0.3 is 14.8 Å². The highest BCUT2D eigenvalue weighted by atomic mass is 16.5. The maximum atomic E-state index is 5.73. The molecule has 3 rings (SSSR count). The molecule has 1 heterocycles. The zero-order valence-electron chi connectivity index (χ0n) is 13.1. The quantitative estimate of drug-likeness (QED) is 0.872. The molecule has 1 N–H and O–H groups in total. The van der Waals surface area contributed by atoms with E-state index in [1.165, 1.54) is 18.4 Å². The lowest BCUT2D eigenvalue weighted by Gasteiger charge is -2.24. The van der Waals surface area contributed by atoms with E-state index in [4.69, 9.17) is 9.47 Å². The zero-order chi connectivity index (χ0) is 14.7. The van der Waals surface area contributed by atoms with Gasteiger partial charge in [0.15, 0.2) is 11.5 Å². The molecule has 1 aromatic rings. The molecule has 0 radical (unpaired) electrons. The molecule has 1 unspecified atom stereocenters. The Labute approximate surface area is 127 Å². The molecule has 4 nitrogen and oxygen atoms in total. The lowest BCUT2D eigenvalue weighted by Crippen LogP contribution is -2.38. The van der Waals surface area contributed by atoms with Crippen LogP contribution in [0.3, 0.4) is 0 Å². The normalized spacial score (nSPS) is 19.4. The number of ether oxygens (including phenoxy) is 2. The molecule has 4 heteroatoms. The second-order valence-electron chi connectivity index (χ2n) is 6.21. The Morgan fingerprint density at radius 3 is 2.76 bits per heavy atom. The summed E-state index contributed by atoms with van der Waals surface area (Å²) in [4.78, 5) is 2.49. The fraction of sp³-hybridized carbons (Fsp3) is 0.647. The Morgan fingerprint density at radius 2 is 2.00 bits per heavy atom. The first-order chi connectivity index (χ1) is 10.2. The fourth-order valence-electron chi connectivity index (χ4n) is 2.73. The van der Waals surface area contributed by atoms with E-state index in [1.54, 1.807) is 0 Å². The number of nitrogens with zero attached hydrogens (tertiary/aromatic N) is 1. The van der Waals surface area contributed by atoms with Gasteiger partial charge in [0.25, 0.3) is 0 Å². The second kappa shape index (κ2) is 6.67. The molecule has 2 aliphatic rings. The van der Waals surface area contributed by atoms with Crippen LogP contribution < -0.4 is 14.8 Å². The summed E-state index contributed by atoms with van der Waals surface area (Å²) in [5, 5.41) is 3.55. The molecule has 1 aromatic carbocycles. The van der Waals surface area contributed by atoms with Crippen molar-refractivity contribution < 1.29 is 9.47 Å². The second-order valence-corrected chi connectivity index (χ2v) is 6.21. The van der Waals surface area contributed by atoms with Crippen LogP contribution >= 0.6 is 0 Å². The number of benzene rings is 1. The van der Waals surface area contributed by atoms with E-state index in [-0.39, 0.29) is 0 Å². The fourth-order valence-corrected chi connectivity index (χ4v) is 2.73. The highest BCUT2D eigenvalue weighted by Gasteiger charge is 2.28. The van der Waals surface area contributed by atoms with Crippen LogP contribution in [0.5, 0.6) is 11.5 Å². The Morgan fingerprint density at radius 1 is 1.24 bits per heavy atom. The van der Waals surface area contributed by atoms with Crippen LogP contribution in [0, 0.1) is 0 Å². The van der Waals surface area contributed by atoms with E-state index >= 15 is 0 Å². The number of nitrogens with one attached hydrogen (secondary N) is 1. The first-order valence-electron chi connectivity index (χ1n) is 8.05. The van der Waals surface area contributed by atoms with Crippen LogP contribution in [-0.4, -0.2) is 43.8 Å². The average Bonchev–Trinajstić information content (AvgIpc) is 3.32. The monoisotopic (exact) mass is 290 g/mol. The third kappa shape index (κ3) is 3.89. The molecular weight excluding hydrogens is 264 g/mol. The van der Waals surface area contributed by atoms with Gasteiger partial charge in [0, 0.05) is 31.6 Å². The minimum Gasteiger partial charge on any atom is -0.490 e. The molecule has 116 valence electrons. The summed E-state index contributed by atoms with van der Waals surface area (Å²) in [5.74, 6) is 1.76. The van der Waals surface area contributed by atoms with Crippen molar-refractivity contribution >= 4 is 0 Å². The van der Waals surface area contributed by atoms with Crippen molar-refractivity contribution in [1.82, 2.24) is 10.2 Å². The van der Waals surface area contributed by atoms with E-state index < -0.39 is 0 Å². The molecule has 0 aromatic heterocycles. The minimum atomic E-state index is 0.581. The molecule has 0 saturated heterocycles. The summed E-state index contributed by atoms with van der Waals surface area (Å²) in [6, 6.07) is 7.65. The molecule has 0 spiro atoms. The van der Waals surface area contributed by atoms with Crippen molar-refractivity contribution in [3.63, 3.8) is 0 Å². The van der Waals surface area contributed by atoms with Crippen molar-refractivity contribution in [2.24, 2.45) is 0 Å². The Kier molecular flexibility index (Phi) is 4.66. The highest BCUT2D eigenvalue weighted by Crippen LogP contribution is 2.30. The predicted octanol–water partition coefficient (Wildman–Crippen LogP) is 2.42. The van der Waals surface area contributed by atoms with Crippen molar-refractivity contribution in [1.29, 1.82) is 0 Å². The van der Waals surface area contributed by atoms with E-state index in [0.29, 0.717) is 6.04 Å².